The Labute approximate surface area is 247 Å². The highest BCUT2D eigenvalue weighted by Gasteiger charge is 2.54. The minimum absolute atomic E-state index is 0.0443. The molecule has 0 bridgehead atoms. The van der Waals surface area contributed by atoms with E-state index in [2.05, 4.69) is 30.1 Å². The van der Waals surface area contributed by atoms with Gasteiger partial charge in [-0.15, -0.1) is 11.8 Å². The van der Waals surface area contributed by atoms with Crippen LogP contribution in [-0.4, -0.2) is 101 Å². The molecule has 2 aliphatic heterocycles. The van der Waals surface area contributed by atoms with E-state index in [0.29, 0.717) is 23.5 Å². The molecule has 2 atom stereocenters. The number of aliphatic hydroxyl groups excluding tert-OH is 1. The first kappa shape index (κ1) is 29.4. The van der Waals surface area contributed by atoms with Gasteiger partial charge in [0.25, 0.3) is 11.8 Å². The number of amides is 2. The highest BCUT2D eigenvalue weighted by molar-refractivity contribution is 8.00. The summed E-state index contributed by atoms with van der Waals surface area (Å²) in [6, 6.07) is 2.84. The predicted octanol–water partition coefficient (Wildman–Crippen LogP) is -1.48. The van der Waals surface area contributed by atoms with Gasteiger partial charge >= 0.3 is 11.6 Å². The molecule has 0 aromatic carbocycles. The van der Waals surface area contributed by atoms with E-state index in [0.717, 1.165) is 36.6 Å². The van der Waals surface area contributed by atoms with Crippen LogP contribution in [0.25, 0.3) is 11.2 Å². The number of hydrogen-bond donors (Lipinski definition) is 5. The van der Waals surface area contributed by atoms with Crippen LogP contribution in [0.5, 0.6) is 0 Å². The van der Waals surface area contributed by atoms with Crippen molar-refractivity contribution in [2.75, 3.05) is 38.3 Å². The van der Waals surface area contributed by atoms with Crippen LogP contribution in [0.3, 0.4) is 0 Å². The zero-order valence-electron chi connectivity index (χ0n) is 22.5. The first-order chi connectivity index (χ1) is 20.3. The highest BCUT2D eigenvalue weighted by atomic mass is 32.2. The summed E-state index contributed by atoms with van der Waals surface area (Å²) in [5, 5.41) is 28.0. The molecule has 6 N–H and O–H groups in total. The summed E-state index contributed by atoms with van der Waals surface area (Å²) in [5.74, 6) is -2.25. The number of carboxylic acid groups (broad SMARTS) is 1. The summed E-state index contributed by atoms with van der Waals surface area (Å²) in [5.41, 5.74) is 7.39. The number of hydrogen-bond acceptors (Lipinski definition) is 13. The minimum Gasteiger partial charge on any atom is -0.477 e. The summed E-state index contributed by atoms with van der Waals surface area (Å²) in [7, 11) is 1.25. The van der Waals surface area contributed by atoms with Crippen molar-refractivity contribution in [3.63, 3.8) is 0 Å². The number of carbonyl (C=O) groups excluding carboxylic acids is 2. The zero-order chi connectivity index (χ0) is 29.8. The average molecular weight is 618 g/mol. The Balaban J connectivity index is 1.32. The molecule has 5 rings (SSSR count). The molecule has 3 aromatic rings. The molecule has 3 aromatic heterocycles. The van der Waals surface area contributed by atoms with Crippen LogP contribution in [0.4, 0.5) is 5.13 Å². The van der Waals surface area contributed by atoms with Crippen molar-refractivity contribution < 1.29 is 34.0 Å². The Hall–Kier alpha value is -4.13. The summed E-state index contributed by atoms with van der Waals surface area (Å²) in [4.78, 5) is 53.0. The molecule has 18 heteroatoms. The third kappa shape index (κ3) is 5.78. The topological polar surface area (TPSA) is 214 Å². The van der Waals surface area contributed by atoms with E-state index in [1.165, 1.54) is 23.8 Å². The largest absolute Gasteiger partial charge is 0.477 e. The lowest BCUT2D eigenvalue weighted by atomic mass is 10.0. The van der Waals surface area contributed by atoms with Gasteiger partial charge in [0.2, 0.25) is 17.9 Å². The maximum atomic E-state index is 13.2. The fourth-order valence-electron chi connectivity index (χ4n) is 4.79. The van der Waals surface area contributed by atoms with Gasteiger partial charge in [0, 0.05) is 35.9 Å². The van der Waals surface area contributed by atoms with E-state index in [1.54, 1.807) is 6.33 Å². The number of nitrogens with zero attached hydrogens (tertiary/aromatic N) is 7. The van der Waals surface area contributed by atoms with Gasteiger partial charge in [0.05, 0.1) is 12.8 Å². The second-order valence-corrected chi connectivity index (χ2v) is 11.2. The summed E-state index contributed by atoms with van der Waals surface area (Å²) in [6.07, 6.45) is 4.41. The molecule has 1 fully saturated rings. The monoisotopic (exact) mass is 617 g/mol. The van der Waals surface area contributed by atoms with E-state index in [9.17, 15) is 19.5 Å². The maximum absolute atomic E-state index is 13.2. The number of nitrogens with one attached hydrogen (secondary N) is 2. The fraction of sp³-hybridized carbons (Fsp3) is 0.417. The van der Waals surface area contributed by atoms with E-state index < -0.39 is 29.2 Å². The molecule has 222 valence electrons. The Bertz CT molecular complexity index is 1570. The number of carbonyl (C=O) groups is 3. The number of oxime groups is 1. The Morgan fingerprint density at radius 1 is 1.36 bits per heavy atom. The molecule has 5 heterocycles. The molecular weight excluding hydrogens is 588 g/mol. The van der Waals surface area contributed by atoms with Crippen molar-refractivity contribution in [3.8, 4) is 0 Å². The van der Waals surface area contributed by atoms with Gasteiger partial charge in [-0.2, -0.15) is 9.36 Å². The first-order valence-electron chi connectivity index (χ1n) is 12.9. The molecule has 2 amide bonds. The SMILES string of the molecule is CO/N=C(\C(=O)NC1C(=O)N2C(C(=O)O)=C(C[n+]3cccc4c3ncn4CCCNCCO)CSC12)c1nsc(N)n1. The number of β-lactam (4-membered cyclic amide) rings is 1. The van der Waals surface area contributed by atoms with Crippen molar-refractivity contribution >= 4 is 63.1 Å². The number of rotatable bonds is 13. The number of nitrogen functional groups attached to an aromatic ring is 1. The molecule has 0 radical (unpaired) electrons. The number of aromatic nitrogens is 5. The van der Waals surface area contributed by atoms with Gasteiger partial charge in [-0.1, -0.05) is 5.16 Å². The molecule has 0 saturated carbocycles. The van der Waals surface area contributed by atoms with Gasteiger partial charge in [-0.05, 0) is 30.1 Å². The van der Waals surface area contributed by atoms with Crippen LogP contribution >= 0.6 is 23.3 Å². The number of thioether (sulfide) groups is 1. The molecule has 2 aliphatic rings. The second-order valence-electron chi connectivity index (χ2n) is 9.31. The number of imidazole rings is 1. The van der Waals surface area contributed by atoms with Gasteiger partial charge in [-0.3, -0.25) is 14.5 Å². The third-order valence-corrected chi connectivity index (χ3v) is 8.52. The van der Waals surface area contributed by atoms with Crippen LogP contribution in [0.15, 0.2) is 41.1 Å². The van der Waals surface area contributed by atoms with E-state index in [1.807, 2.05) is 27.5 Å². The number of pyridine rings is 1. The van der Waals surface area contributed by atoms with Crippen molar-refractivity contribution in [2.45, 2.75) is 30.9 Å². The smallest absolute Gasteiger partial charge is 0.352 e. The van der Waals surface area contributed by atoms with Crippen molar-refractivity contribution in [3.05, 3.63) is 41.8 Å². The zero-order valence-corrected chi connectivity index (χ0v) is 24.1. The number of nitrogens with two attached hydrogens (primary N) is 1. The van der Waals surface area contributed by atoms with E-state index in [4.69, 9.17) is 15.7 Å². The standard InChI is InChI=1S/C24H28N10O6S2/c1-40-30-15(18-29-24(25)42-31-18)20(36)28-16-21(37)34-17(23(38)39)13(11-41-22(16)34)10-32-7-2-4-14-19(32)27-12-33(14)8-3-5-26-6-9-35/h2,4,7,12,16,22,26,35H,3,5-6,8-11H2,1H3,(H3-,25,28,29,31,36,38,39)/p+1/b30-15-. The summed E-state index contributed by atoms with van der Waals surface area (Å²) >= 11 is 2.23. The number of carboxylic acids is 1. The maximum Gasteiger partial charge on any atom is 0.352 e. The quantitative estimate of drug-likeness (QED) is 0.0488. The van der Waals surface area contributed by atoms with Gasteiger partial charge in [0.15, 0.2) is 5.13 Å². The Kier molecular flexibility index (Phi) is 8.95. The Morgan fingerprint density at radius 2 is 2.19 bits per heavy atom. The van der Waals surface area contributed by atoms with Crippen LogP contribution < -0.4 is 20.9 Å². The molecule has 1 saturated heterocycles. The number of aliphatic hydroxyl groups is 1. The molecule has 16 nitrogen and oxygen atoms in total. The second kappa shape index (κ2) is 12.8. The average Bonchev–Trinajstić information content (AvgIpc) is 3.60. The van der Waals surface area contributed by atoms with Crippen LogP contribution in [0, 0.1) is 0 Å². The molecular formula is C24H29N10O6S2+. The van der Waals surface area contributed by atoms with Gasteiger partial charge < -0.3 is 36.0 Å². The van der Waals surface area contributed by atoms with Crippen molar-refractivity contribution in [1.82, 2.24) is 34.4 Å². The van der Waals surface area contributed by atoms with Crippen molar-refractivity contribution in [1.29, 1.82) is 0 Å². The number of aliphatic carboxylic acids is 1. The highest BCUT2D eigenvalue weighted by Crippen LogP contribution is 2.40. The van der Waals surface area contributed by atoms with Crippen LogP contribution in [-0.2, 0) is 32.3 Å². The third-order valence-electron chi connectivity index (χ3n) is 6.64. The van der Waals surface area contributed by atoms with Crippen LogP contribution in [0.1, 0.15) is 12.2 Å². The van der Waals surface area contributed by atoms with Gasteiger partial charge in [-0.25, -0.2) is 9.36 Å². The number of anilines is 1. The minimum atomic E-state index is -1.23. The lowest BCUT2D eigenvalue weighted by Gasteiger charge is -2.49. The van der Waals surface area contributed by atoms with Crippen molar-refractivity contribution in [2.24, 2.45) is 5.16 Å². The Morgan fingerprint density at radius 3 is 2.90 bits per heavy atom. The molecule has 2 unspecified atom stereocenters. The fourth-order valence-corrected chi connectivity index (χ4v) is 6.56. The lowest BCUT2D eigenvalue weighted by Crippen LogP contribution is -2.71. The summed E-state index contributed by atoms with van der Waals surface area (Å²) < 4.78 is 7.85. The summed E-state index contributed by atoms with van der Waals surface area (Å²) in [6.45, 7) is 2.32. The molecule has 42 heavy (non-hydrogen) atoms. The molecule has 0 aliphatic carbocycles. The van der Waals surface area contributed by atoms with E-state index >= 15 is 0 Å². The number of fused-ring (bicyclic) bond motifs is 2. The van der Waals surface area contributed by atoms with Gasteiger partial charge in [0.1, 0.15) is 36.3 Å². The van der Waals surface area contributed by atoms with E-state index in [-0.39, 0.29) is 35.5 Å². The first-order valence-corrected chi connectivity index (χ1v) is 14.7. The van der Waals surface area contributed by atoms with Crippen LogP contribution in [0.2, 0.25) is 0 Å². The lowest BCUT2D eigenvalue weighted by molar-refractivity contribution is -0.664. The normalized spacial score (nSPS) is 18.7. The predicted molar refractivity (Wildman–Crippen MR) is 152 cm³/mol. The number of aryl methyl sites for hydroxylation is 1. The molecule has 0 spiro atoms.